The molecular weight excluding hydrogens is 316 g/mol. The van der Waals surface area contributed by atoms with Gasteiger partial charge in [0, 0.05) is 30.6 Å². The predicted octanol–water partition coefficient (Wildman–Crippen LogP) is 3.74. The van der Waals surface area contributed by atoms with Crippen LogP contribution in [0.5, 0.6) is 11.5 Å². The smallest absolute Gasteiger partial charge is 0.255 e. The molecule has 0 spiro atoms. The number of carbonyl (C=O) groups is 1. The Morgan fingerprint density at radius 3 is 2.44 bits per heavy atom. The van der Waals surface area contributed by atoms with E-state index in [4.69, 9.17) is 4.74 Å². The van der Waals surface area contributed by atoms with Crippen molar-refractivity contribution in [1.82, 2.24) is 4.57 Å². The Hall–Kier alpha value is -3.34. The lowest BCUT2D eigenvalue weighted by atomic mass is 10.2. The summed E-state index contributed by atoms with van der Waals surface area (Å²) in [6.45, 7) is 2.00. The first kappa shape index (κ1) is 16.5. The number of aryl methyl sites for hydroxylation is 2. The summed E-state index contributed by atoms with van der Waals surface area (Å²) in [6, 6.07) is 17.8. The molecule has 0 aliphatic heterocycles. The van der Waals surface area contributed by atoms with Gasteiger partial charge in [0.25, 0.3) is 11.5 Å². The van der Waals surface area contributed by atoms with Gasteiger partial charge < -0.3 is 14.6 Å². The molecule has 0 radical (unpaired) electrons. The van der Waals surface area contributed by atoms with E-state index < -0.39 is 0 Å². The molecule has 0 atom stereocenters. The van der Waals surface area contributed by atoms with Crippen LogP contribution in [0.25, 0.3) is 0 Å². The molecule has 1 aromatic heterocycles. The highest BCUT2D eigenvalue weighted by molar-refractivity contribution is 6.04. The number of carbonyl (C=O) groups excluding carboxylic acids is 1. The van der Waals surface area contributed by atoms with E-state index in [9.17, 15) is 9.59 Å². The molecule has 0 bridgehead atoms. The maximum Gasteiger partial charge on any atom is 0.255 e. The molecule has 0 fully saturated rings. The van der Waals surface area contributed by atoms with Crippen LogP contribution in [0.2, 0.25) is 0 Å². The molecule has 3 rings (SSSR count). The maximum atomic E-state index is 12.2. The number of benzene rings is 2. The standard InChI is InChI=1S/C20H18N2O3/c1-14-4-3-5-18(12-14)25-17-8-6-16(7-9-17)21-20(24)15-10-11-22(2)19(23)13-15/h3-13H,1-2H3,(H,21,24). The molecule has 1 amide bonds. The third kappa shape index (κ3) is 4.14. The molecule has 0 unspecified atom stereocenters. The number of amides is 1. The minimum absolute atomic E-state index is 0.227. The van der Waals surface area contributed by atoms with Crippen molar-refractivity contribution >= 4 is 11.6 Å². The third-order valence-corrected chi connectivity index (χ3v) is 3.70. The number of pyridine rings is 1. The number of nitrogens with zero attached hydrogens (tertiary/aromatic N) is 1. The summed E-state index contributed by atoms with van der Waals surface area (Å²) in [5.74, 6) is 1.11. The molecular formula is C20H18N2O3. The van der Waals surface area contributed by atoms with Crippen LogP contribution in [0.1, 0.15) is 15.9 Å². The average molecular weight is 334 g/mol. The first-order valence-electron chi connectivity index (χ1n) is 7.84. The zero-order valence-electron chi connectivity index (χ0n) is 14.0. The van der Waals surface area contributed by atoms with E-state index in [-0.39, 0.29) is 11.5 Å². The van der Waals surface area contributed by atoms with E-state index in [1.165, 1.54) is 10.6 Å². The van der Waals surface area contributed by atoms with Gasteiger partial charge in [-0.15, -0.1) is 0 Å². The van der Waals surface area contributed by atoms with Gasteiger partial charge in [-0.2, -0.15) is 0 Å². The van der Waals surface area contributed by atoms with Crippen LogP contribution in [0.3, 0.4) is 0 Å². The lowest BCUT2D eigenvalue weighted by Crippen LogP contribution is -2.19. The summed E-state index contributed by atoms with van der Waals surface area (Å²) < 4.78 is 7.19. The highest BCUT2D eigenvalue weighted by Crippen LogP contribution is 2.23. The fraction of sp³-hybridized carbons (Fsp3) is 0.100. The van der Waals surface area contributed by atoms with Crippen LogP contribution in [0.4, 0.5) is 5.69 Å². The van der Waals surface area contributed by atoms with Gasteiger partial charge in [-0.1, -0.05) is 12.1 Å². The number of nitrogens with one attached hydrogen (secondary N) is 1. The van der Waals surface area contributed by atoms with Gasteiger partial charge >= 0.3 is 0 Å². The van der Waals surface area contributed by atoms with Gasteiger partial charge in [-0.05, 0) is 55.0 Å². The van der Waals surface area contributed by atoms with E-state index in [2.05, 4.69) is 5.32 Å². The van der Waals surface area contributed by atoms with Crippen LogP contribution >= 0.6 is 0 Å². The van der Waals surface area contributed by atoms with Crippen LogP contribution in [-0.4, -0.2) is 10.5 Å². The fourth-order valence-electron chi connectivity index (χ4n) is 2.31. The molecule has 1 N–H and O–H groups in total. The van der Waals surface area contributed by atoms with Crippen molar-refractivity contribution in [1.29, 1.82) is 0 Å². The molecule has 1 heterocycles. The minimum atomic E-state index is -0.329. The second-order valence-corrected chi connectivity index (χ2v) is 5.76. The number of hydrogen-bond acceptors (Lipinski definition) is 3. The Morgan fingerprint density at radius 2 is 1.76 bits per heavy atom. The summed E-state index contributed by atoms with van der Waals surface area (Å²) in [7, 11) is 1.64. The molecule has 0 saturated carbocycles. The van der Waals surface area contributed by atoms with E-state index >= 15 is 0 Å². The Kier molecular flexibility index (Phi) is 4.66. The average Bonchev–Trinajstić information content (AvgIpc) is 2.59. The number of aromatic nitrogens is 1. The molecule has 0 aliphatic carbocycles. The monoisotopic (exact) mass is 334 g/mol. The summed E-state index contributed by atoms with van der Waals surface area (Å²) >= 11 is 0. The molecule has 3 aromatic rings. The SMILES string of the molecule is Cc1cccc(Oc2ccc(NC(=O)c3ccn(C)c(=O)c3)cc2)c1. The Labute approximate surface area is 145 Å². The van der Waals surface area contributed by atoms with Crippen LogP contribution < -0.4 is 15.6 Å². The zero-order valence-corrected chi connectivity index (χ0v) is 14.0. The van der Waals surface area contributed by atoms with Crippen LogP contribution in [0, 0.1) is 6.92 Å². The lowest BCUT2D eigenvalue weighted by Gasteiger charge is -2.09. The van der Waals surface area contributed by atoms with Crippen molar-refractivity contribution in [3.8, 4) is 11.5 Å². The fourth-order valence-corrected chi connectivity index (χ4v) is 2.31. The summed E-state index contributed by atoms with van der Waals surface area (Å²) in [4.78, 5) is 23.8. The van der Waals surface area contributed by atoms with E-state index in [0.717, 1.165) is 11.3 Å². The first-order valence-corrected chi connectivity index (χ1v) is 7.84. The van der Waals surface area contributed by atoms with Gasteiger partial charge in [0.2, 0.25) is 0 Å². The van der Waals surface area contributed by atoms with Gasteiger partial charge in [-0.25, -0.2) is 0 Å². The third-order valence-electron chi connectivity index (χ3n) is 3.70. The van der Waals surface area contributed by atoms with E-state index in [1.807, 2.05) is 31.2 Å². The zero-order chi connectivity index (χ0) is 17.8. The molecule has 126 valence electrons. The molecule has 0 saturated heterocycles. The minimum Gasteiger partial charge on any atom is -0.457 e. The van der Waals surface area contributed by atoms with Crippen molar-refractivity contribution in [3.63, 3.8) is 0 Å². The van der Waals surface area contributed by atoms with Crippen LogP contribution in [0.15, 0.2) is 71.7 Å². The van der Waals surface area contributed by atoms with E-state index in [1.54, 1.807) is 43.6 Å². The second-order valence-electron chi connectivity index (χ2n) is 5.76. The van der Waals surface area contributed by atoms with Crippen molar-refractivity contribution in [2.45, 2.75) is 6.92 Å². The Morgan fingerprint density at radius 1 is 1.00 bits per heavy atom. The van der Waals surface area contributed by atoms with Gasteiger partial charge in [-0.3, -0.25) is 9.59 Å². The maximum absolute atomic E-state index is 12.2. The molecule has 0 aliphatic rings. The van der Waals surface area contributed by atoms with Gasteiger partial charge in [0.05, 0.1) is 0 Å². The molecule has 2 aromatic carbocycles. The number of rotatable bonds is 4. The Balaban J connectivity index is 1.68. The first-order chi connectivity index (χ1) is 12.0. The number of hydrogen-bond donors (Lipinski definition) is 1. The topological polar surface area (TPSA) is 60.3 Å². The summed E-state index contributed by atoms with van der Waals surface area (Å²) in [5.41, 5.74) is 1.84. The van der Waals surface area contributed by atoms with Crippen molar-refractivity contribution in [2.75, 3.05) is 5.32 Å². The number of ether oxygens (including phenoxy) is 1. The molecule has 5 nitrogen and oxygen atoms in total. The molecule has 5 heteroatoms. The summed E-state index contributed by atoms with van der Waals surface area (Å²) in [5, 5.41) is 2.76. The Bertz CT molecular complexity index is 959. The van der Waals surface area contributed by atoms with E-state index in [0.29, 0.717) is 17.0 Å². The quantitative estimate of drug-likeness (QED) is 0.791. The van der Waals surface area contributed by atoms with Gasteiger partial charge in [0.15, 0.2) is 0 Å². The van der Waals surface area contributed by atoms with Crippen molar-refractivity contribution < 1.29 is 9.53 Å². The van der Waals surface area contributed by atoms with Crippen molar-refractivity contribution in [2.24, 2.45) is 7.05 Å². The largest absolute Gasteiger partial charge is 0.457 e. The highest BCUT2D eigenvalue weighted by Gasteiger charge is 2.07. The second kappa shape index (κ2) is 7.05. The predicted molar refractivity (Wildman–Crippen MR) is 97.3 cm³/mol. The van der Waals surface area contributed by atoms with Crippen LogP contribution in [-0.2, 0) is 7.05 Å². The highest BCUT2D eigenvalue weighted by atomic mass is 16.5. The van der Waals surface area contributed by atoms with Gasteiger partial charge in [0.1, 0.15) is 11.5 Å². The normalized spacial score (nSPS) is 10.3. The summed E-state index contributed by atoms with van der Waals surface area (Å²) in [6.07, 6.45) is 1.57. The number of anilines is 1. The van der Waals surface area contributed by atoms with Crippen molar-refractivity contribution in [3.05, 3.63) is 88.3 Å². The molecule has 25 heavy (non-hydrogen) atoms. The lowest BCUT2D eigenvalue weighted by molar-refractivity contribution is 0.102.